The van der Waals surface area contributed by atoms with Gasteiger partial charge in [-0.15, -0.1) is 5.10 Å². The van der Waals surface area contributed by atoms with Crippen molar-refractivity contribution in [2.75, 3.05) is 0 Å². The van der Waals surface area contributed by atoms with Crippen molar-refractivity contribution in [3.8, 4) is 5.75 Å². The molecule has 156 valence electrons. The van der Waals surface area contributed by atoms with Crippen LogP contribution in [0.2, 0.25) is 0 Å². The van der Waals surface area contributed by atoms with Gasteiger partial charge in [-0.2, -0.15) is 0 Å². The third kappa shape index (κ3) is 5.05. The van der Waals surface area contributed by atoms with Gasteiger partial charge in [0.15, 0.2) is 0 Å². The number of primary amides is 1. The second-order valence-corrected chi connectivity index (χ2v) is 7.08. The Kier molecular flexibility index (Phi) is 6.85. The zero-order valence-electron chi connectivity index (χ0n) is 16.9. The van der Waals surface area contributed by atoms with Gasteiger partial charge in [-0.25, -0.2) is 5.43 Å². The van der Waals surface area contributed by atoms with E-state index in [2.05, 4.69) is 17.5 Å². The number of carbonyl (C=O) groups is 2. The first-order chi connectivity index (χ1) is 14.5. The number of unbranched alkanes of at least 4 members (excludes halogenated alkanes) is 3. The van der Waals surface area contributed by atoms with Crippen LogP contribution in [-0.4, -0.2) is 16.9 Å². The van der Waals surface area contributed by atoms with Crippen molar-refractivity contribution >= 4 is 22.8 Å². The zero-order valence-corrected chi connectivity index (χ0v) is 16.9. The molecule has 0 aliphatic heterocycles. The fraction of sp³-hybridized carbons (Fsp3) is 0.261. The van der Waals surface area contributed by atoms with Gasteiger partial charge in [-0.3, -0.25) is 9.59 Å². The maximum atomic E-state index is 12.2. The first kappa shape index (κ1) is 21.1. The number of carbonyl (C=O) groups excluding carboxylic acids is 2. The van der Waals surface area contributed by atoms with E-state index in [1.54, 1.807) is 42.5 Å². The third-order valence-corrected chi connectivity index (χ3v) is 4.81. The SMILES string of the molecule is CCCCCCc1cc2cc(C(N)=O)/c(=N/NC(=O)c3ccccc3)oc2cc1O. The fourth-order valence-electron chi connectivity index (χ4n) is 3.17. The molecule has 2 amide bonds. The van der Waals surface area contributed by atoms with Crippen molar-refractivity contribution in [2.45, 2.75) is 39.0 Å². The van der Waals surface area contributed by atoms with Gasteiger partial charge in [-0.1, -0.05) is 44.4 Å². The number of rotatable bonds is 8. The van der Waals surface area contributed by atoms with E-state index in [1.165, 1.54) is 6.07 Å². The Morgan fingerprint density at radius 2 is 1.87 bits per heavy atom. The van der Waals surface area contributed by atoms with Crippen LogP contribution in [-0.2, 0) is 6.42 Å². The number of nitrogens with one attached hydrogen (secondary N) is 1. The molecule has 0 bridgehead atoms. The van der Waals surface area contributed by atoms with Gasteiger partial charge >= 0.3 is 0 Å². The van der Waals surface area contributed by atoms with Crippen LogP contribution in [0.15, 0.2) is 58.0 Å². The highest BCUT2D eigenvalue weighted by atomic mass is 16.3. The Balaban J connectivity index is 1.93. The Hall–Kier alpha value is -3.61. The lowest BCUT2D eigenvalue weighted by molar-refractivity contribution is 0.0946. The summed E-state index contributed by atoms with van der Waals surface area (Å²) in [5.74, 6) is -1.06. The second kappa shape index (κ2) is 9.73. The quantitative estimate of drug-likeness (QED) is 0.390. The number of fused-ring (bicyclic) bond motifs is 1. The lowest BCUT2D eigenvalue weighted by Gasteiger charge is -2.08. The van der Waals surface area contributed by atoms with Crippen LogP contribution >= 0.6 is 0 Å². The number of benzene rings is 2. The Morgan fingerprint density at radius 3 is 2.57 bits per heavy atom. The molecule has 1 aromatic heterocycles. The number of phenolic OH excluding ortho intramolecular Hbond substituents is 1. The summed E-state index contributed by atoms with van der Waals surface area (Å²) in [6.07, 6.45) is 5.06. The predicted molar refractivity (Wildman–Crippen MR) is 114 cm³/mol. The first-order valence-corrected chi connectivity index (χ1v) is 9.98. The zero-order chi connectivity index (χ0) is 21.5. The smallest absolute Gasteiger partial charge is 0.271 e. The Morgan fingerprint density at radius 1 is 1.10 bits per heavy atom. The van der Waals surface area contributed by atoms with Gasteiger partial charge in [0.25, 0.3) is 11.8 Å². The van der Waals surface area contributed by atoms with Crippen LogP contribution in [0.1, 0.15) is 58.9 Å². The summed E-state index contributed by atoms with van der Waals surface area (Å²) in [6, 6.07) is 13.4. The fourth-order valence-corrected chi connectivity index (χ4v) is 3.17. The molecule has 0 spiro atoms. The summed E-state index contributed by atoms with van der Waals surface area (Å²) in [5.41, 5.74) is 9.29. The van der Waals surface area contributed by atoms with Gasteiger partial charge < -0.3 is 15.3 Å². The molecule has 0 atom stereocenters. The third-order valence-electron chi connectivity index (χ3n) is 4.81. The number of hydrogen-bond acceptors (Lipinski definition) is 5. The molecule has 0 aliphatic carbocycles. The molecule has 3 rings (SSSR count). The van der Waals surface area contributed by atoms with E-state index < -0.39 is 11.8 Å². The highest BCUT2D eigenvalue weighted by molar-refractivity contribution is 5.96. The van der Waals surface area contributed by atoms with Crippen molar-refractivity contribution in [3.63, 3.8) is 0 Å². The van der Waals surface area contributed by atoms with Crippen LogP contribution in [0.25, 0.3) is 11.0 Å². The molecule has 30 heavy (non-hydrogen) atoms. The number of aromatic hydroxyl groups is 1. The van der Waals surface area contributed by atoms with Gasteiger partial charge in [0.1, 0.15) is 16.9 Å². The van der Waals surface area contributed by atoms with E-state index in [9.17, 15) is 14.7 Å². The monoisotopic (exact) mass is 407 g/mol. The summed E-state index contributed by atoms with van der Waals surface area (Å²) in [7, 11) is 0. The molecule has 0 saturated heterocycles. The average molecular weight is 407 g/mol. The highest BCUT2D eigenvalue weighted by Crippen LogP contribution is 2.26. The number of aryl methyl sites for hydroxylation is 1. The van der Waals surface area contributed by atoms with Crippen molar-refractivity contribution in [1.29, 1.82) is 0 Å². The lowest BCUT2D eigenvalue weighted by atomic mass is 10.0. The number of amides is 2. The van der Waals surface area contributed by atoms with Crippen molar-refractivity contribution in [2.24, 2.45) is 10.8 Å². The molecule has 0 aliphatic rings. The molecule has 1 heterocycles. The van der Waals surface area contributed by atoms with E-state index in [0.29, 0.717) is 16.5 Å². The molecule has 0 fully saturated rings. The predicted octanol–water partition coefficient (Wildman–Crippen LogP) is 3.61. The van der Waals surface area contributed by atoms with E-state index in [4.69, 9.17) is 10.2 Å². The van der Waals surface area contributed by atoms with E-state index >= 15 is 0 Å². The molecular formula is C23H25N3O4. The molecule has 0 unspecified atom stereocenters. The lowest BCUT2D eigenvalue weighted by Crippen LogP contribution is -2.27. The van der Waals surface area contributed by atoms with E-state index in [0.717, 1.165) is 37.7 Å². The van der Waals surface area contributed by atoms with E-state index in [-0.39, 0.29) is 16.9 Å². The number of nitrogens with zero attached hydrogens (tertiary/aromatic N) is 1. The number of nitrogens with two attached hydrogens (primary N) is 1. The van der Waals surface area contributed by atoms with E-state index in [1.807, 2.05) is 0 Å². The number of phenols is 1. The maximum Gasteiger partial charge on any atom is 0.271 e. The minimum absolute atomic E-state index is 0.0403. The molecule has 7 heteroatoms. The minimum Gasteiger partial charge on any atom is -0.508 e. The molecule has 0 radical (unpaired) electrons. The van der Waals surface area contributed by atoms with Crippen molar-refractivity contribution in [1.82, 2.24) is 5.43 Å². The van der Waals surface area contributed by atoms with Crippen molar-refractivity contribution in [3.05, 3.63) is 70.8 Å². The molecule has 3 aromatic rings. The van der Waals surface area contributed by atoms with Gasteiger partial charge in [0, 0.05) is 17.0 Å². The molecule has 2 aromatic carbocycles. The van der Waals surface area contributed by atoms with Crippen LogP contribution < -0.4 is 16.7 Å². The minimum atomic E-state index is -0.731. The number of hydrogen-bond donors (Lipinski definition) is 3. The van der Waals surface area contributed by atoms with Crippen molar-refractivity contribution < 1.29 is 19.1 Å². The molecule has 7 nitrogen and oxygen atoms in total. The van der Waals surface area contributed by atoms with Crippen LogP contribution in [0.3, 0.4) is 0 Å². The van der Waals surface area contributed by atoms with Gasteiger partial charge in [0.2, 0.25) is 5.55 Å². The average Bonchev–Trinajstić information content (AvgIpc) is 2.75. The molecular weight excluding hydrogens is 382 g/mol. The normalized spacial score (nSPS) is 11.6. The van der Waals surface area contributed by atoms with Crippen LogP contribution in [0.4, 0.5) is 0 Å². The summed E-state index contributed by atoms with van der Waals surface area (Å²) in [4.78, 5) is 24.1. The summed E-state index contributed by atoms with van der Waals surface area (Å²) in [5, 5.41) is 14.9. The summed E-state index contributed by atoms with van der Waals surface area (Å²) >= 11 is 0. The standard InChI is InChI=1S/C23H25N3O4/c1-2-3-4-6-11-16-12-17-13-18(21(24)28)23(30-20(17)14-19(16)27)26-25-22(29)15-9-7-5-8-10-15/h5,7-10,12-14,27H,2-4,6,11H2,1H3,(H2,24,28)(H,25,29)/b26-23-. The van der Waals surface area contributed by atoms with Crippen LogP contribution in [0, 0.1) is 0 Å². The molecule has 4 N–H and O–H groups in total. The Bertz CT molecular complexity index is 1120. The topological polar surface area (TPSA) is 118 Å². The first-order valence-electron chi connectivity index (χ1n) is 9.98. The summed E-state index contributed by atoms with van der Waals surface area (Å²) < 4.78 is 5.68. The van der Waals surface area contributed by atoms with Crippen LogP contribution in [0.5, 0.6) is 5.75 Å². The summed E-state index contributed by atoms with van der Waals surface area (Å²) in [6.45, 7) is 2.14. The Labute approximate surface area is 174 Å². The van der Waals surface area contributed by atoms with Gasteiger partial charge in [0.05, 0.1) is 0 Å². The largest absolute Gasteiger partial charge is 0.508 e. The highest BCUT2D eigenvalue weighted by Gasteiger charge is 2.13. The van der Waals surface area contributed by atoms with Gasteiger partial charge in [-0.05, 0) is 42.7 Å². The second-order valence-electron chi connectivity index (χ2n) is 7.08. The maximum absolute atomic E-state index is 12.2. The molecule has 0 saturated carbocycles.